The Hall–Kier alpha value is -0.360. The van der Waals surface area contributed by atoms with Gasteiger partial charge in [0, 0.05) is 6.54 Å². The van der Waals surface area contributed by atoms with Gasteiger partial charge in [0.05, 0.1) is 14.4 Å². The molecular weight excluding hydrogens is 252 g/mol. The summed E-state index contributed by atoms with van der Waals surface area (Å²) in [4.78, 5) is 6.36. The molecule has 5 heteroatoms. The van der Waals surface area contributed by atoms with Gasteiger partial charge in [-0.3, -0.25) is 10.3 Å². The number of thiophene rings is 1. The highest BCUT2D eigenvalue weighted by molar-refractivity contribution is 9.11. The second-order valence-electron chi connectivity index (χ2n) is 2.68. The summed E-state index contributed by atoms with van der Waals surface area (Å²) >= 11 is 5.07. The van der Waals surface area contributed by atoms with Crippen LogP contribution in [0.2, 0.25) is 0 Å². The van der Waals surface area contributed by atoms with Crippen LogP contribution in [0.5, 0.6) is 0 Å². The first-order valence-electron chi connectivity index (χ1n) is 3.89. The summed E-state index contributed by atoms with van der Waals surface area (Å²) in [6, 6.07) is 4.05. The maximum absolute atomic E-state index is 5.46. The first-order valence-corrected chi connectivity index (χ1v) is 5.50. The molecule has 13 heavy (non-hydrogen) atoms. The number of nitrogens with one attached hydrogen (secondary N) is 1. The molecule has 3 nitrogen and oxygen atoms in total. The molecular formula is C8H9BrN2OS. The molecule has 0 saturated heterocycles. The minimum Gasteiger partial charge on any atom is -0.328 e. The van der Waals surface area contributed by atoms with Crippen LogP contribution in [0.25, 0.3) is 5.70 Å². The third-order valence-electron chi connectivity index (χ3n) is 1.74. The fourth-order valence-corrected chi connectivity index (χ4v) is 2.46. The van der Waals surface area contributed by atoms with Gasteiger partial charge in [-0.05, 0) is 34.1 Å². The minimum atomic E-state index is -0.00382. The first kappa shape index (κ1) is 9.21. The van der Waals surface area contributed by atoms with Gasteiger partial charge in [-0.15, -0.1) is 11.3 Å². The van der Waals surface area contributed by atoms with Gasteiger partial charge in [0.25, 0.3) is 0 Å². The lowest BCUT2D eigenvalue weighted by Gasteiger charge is -2.01. The van der Waals surface area contributed by atoms with Gasteiger partial charge in [0.15, 0.2) is 0 Å². The van der Waals surface area contributed by atoms with Crippen molar-refractivity contribution in [2.75, 3.05) is 6.54 Å². The van der Waals surface area contributed by atoms with Gasteiger partial charge in [-0.2, -0.15) is 0 Å². The summed E-state index contributed by atoms with van der Waals surface area (Å²) in [6.07, 6.45) is 1.99. The van der Waals surface area contributed by atoms with Crippen molar-refractivity contribution >= 4 is 33.0 Å². The van der Waals surface area contributed by atoms with Crippen molar-refractivity contribution in [1.29, 1.82) is 0 Å². The van der Waals surface area contributed by atoms with Crippen LogP contribution >= 0.6 is 27.3 Å². The number of rotatable bonds is 2. The van der Waals surface area contributed by atoms with Gasteiger partial charge < -0.3 is 5.73 Å². The van der Waals surface area contributed by atoms with Crippen molar-refractivity contribution in [2.45, 2.75) is 6.10 Å². The van der Waals surface area contributed by atoms with E-state index < -0.39 is 0 Å². The van der Waals surface area contributed by atoms with E-state index in [-0.39, 0.29) is 6.10 Å². The Labute approximate surface area is 88.7 Å². The van der Waals surface area contributed by atoms with Crippen LogP contribution in [0.15, 0.2) is 22.0 Å². The highest BCUT2D eigenvalue weighted by Crippen LogP contribution is 2.28. The predicted octanol–water partition coefficient (Wildman–Crippen LogP) is 1.71. The monoisotopic (exact) mass is 260 g/mol. The van der Waals surface area contributed by atoms with E-state index in [0.29, 0.717) is 6.54 Å². The largest absolute Gasteiger partial charge is 0.328 e. The Bertz CT molecular complexity index is 337. The summed E-state index contributed by atoms with van der Waals surface area (Å²) in [5.41, 5.74) is 9.33. The normalized spacial score (nSPS) is 21.4. The molecule has 0 saturated carbocycles. The van der Waals surface area contributed by atoms with Crippen molar-refractivity contribution in [2.24, 2.45) is 5.73 Å². The molecule has 2 heterocycles. The van der Waals surface area contributed by atoms with Crippen LogP contribution in [0.4, 0.5) is 0 Å². The molecule has 0 amide bonds. The van der Waals surface area contributed by atoms with E-state index in [4.69, 9.17) is 10.6 Å². The summed E-state index contributed by atoms with van der Waals surface area (Å²) in [5, 5.41) is 0. The molecule has 70 valence electrons. The Morgan fingerprint density at radius 1 is 1.62 bits per heavy atom. The van der Waals surface area contributed by atoms with Crippen LogP contribution in [0, 0.1) is 0 Å². The summed E-state index contributed by atoms with van der Waals surface area (Å²) in [6.45, 7) is 0.503. The highest BCUT2D eigenvalue weighted by Gasteiger charge is 2.16. The van der Waals surface area contributed by atoms with E-state index in [0.717, 1.165) is 14.4 Å². The SMILES string of the molecule is NCC1C=C(c2ccc(Br)s2)NO1. The average molecular weight is 261 g/mol. The van der Waals surface area contributed by atoms with E-state index in [1.54, 1.807) is 11.3 Å². The van der Waals surface area contributed by atoms with Crippen LogP contribution in [0.3, 0.4) is 0 Å². The molecule has 0 aliphatic carbocycles. The van der Waals surface area contributed by atoms with E-state index in [1.165, 1.54) is 0 Å². The second kappa shape index (κ2) is 3.79. The molecule has 0 fully saturated rings. The maximum Gasteiger partial charge on any atom is 0.118 e. The number of hydroxylamine groups is 1. The van der Waals surface area contributed by atoms with Crippen LogP contribution in [-0.2, 0) is 4.84 Å². The smallest absolute Gasteiger partial charge is 0.118 e. The fraction of sp³-hybridized carbons (Fsp3) is 0.250. The van der Waals surface area contributed by atoms with Gasteiger partial charge in [0.1, 0.15) is 6.10 Å². The van der Waals surface area contributed by atoms with Crippen LogP contribution < -0.4 is 11.2 Å². The lowest BCUT2D eigenvalue weighted by molar-refractivity contribution is 0.0568. The summed E-state index contributed by atoms with van der Waals surface area (Å²) in [7, 11) is 0. The Morgan fingerprint density at radius 3 is 3.00 bits per heavy atom. The van der Waals surface area contributed by atoms with Crippen molar-refractivity contribution in [3.63, 3.8) is 0 Å². The standard InChI is InChI=1S/C8H9BrN2OS/c9-8-2-1-7(13-8)6-3-5(4-10)12-11-6/h1-3,5,11H,4,10H2. The molecule has 1 aromatic rings. The molecule has 2 rings (SSSR count). The second-order valence-corrected chi connectivity index (χ2v) is 5.14. The molecule has 0 radical (unpaired) electrons. The Balaban J connectivity index is 2.19. The number of hydrogen-bond donors (Lipinski definition) is 2. The third-order valence-corrected chi connectivity index (χ3v) is 3.40. The number of halogens is 1. The van der Waals surface area contributed by atoms with Crippen LogP contribution in [-0.4, -0.2) is 12.6 Å². The van der Waals surface area contributed by atoms with Crippen molar-refractivity contribution < 1.29 is 4.84 Å². The third kappa shape index (κ3) is 1.94. The van der Waals surface area contributed by atoms with Gasteiger partial charge >= 0.3 is 0 Å². The van der Waals surface area contributed by atoms with Crippen LogP contribution in [0.1, 0.15) is 4.88 Å². The molecule has 0 aromatic carbocycles. The van der Waals surface area contributed by atoms with E-state index in [2.05, 4.69) is 21.4 Å². The zero-order chi connectivity index (χ0) is 9.26. The van der Waals surface area contributed by atoms with Gasteiger partial charge in [0.2, 0.25) is 0 Å². The zero-order valence-electron chi connectivity index (χ0n) is 6.79. The topological polar surface area (TPSA) is 47.3 Å². The van der Waals surface area contributed by atoms with E-state index in [9.17, 15) is 0 Å². The average Bonchev–Trinajstić information content (AvgIpc) is 2.71. The zero-order valence-corrected chi connectivity index (χ0v) is 9.19. The van der Waals surface area contributed by atoms with Crippen molar-refractivity contribution in [1.82, 2.24) is 5.48 Å². The van der Waals surface area contributed by atoms with Gasteiger partial charge in [-0.1, -0.05) is 0 Å². The van der Waals surface area contributed by atoms with E-state index >= 15 is 0 Å². The molecule has 0 bridgehead atoms. The summed E-state index contributed by atoms with van der Waals surface area (Å²) < 4.78 is 1.11. The fourth-order valence-electron chi connectivity index (χ4n) is 1.10. The van der Waals surface area contributed by atoms with Crippen molar-refractivity contribution in [3.05, 3.63) is 26.9 Å². The minimum absolute atomic E-state index is 0.00382. The number of hydrogen-bond acceptors (Lipinski definition) is 4. The molecule has 3 N–H and O–H groups in total. The first-order chi connectivity index (χ1) is 6.29. The molecule has 1 aliphatic heterocycles. The molecule has 0 spiro atoms. The lowest BCUT2D eigenvalue weighted by atomic mass is 10.3. The Morgan fingerprint density at radius 2 is 2.46 bits per heavy atom. The van der Waals surface area contributed by atoms with Crippen molar-refractivity contribution in [3.8, 4) is 0 Å². The lowest BCUT2D eigenvalue weighted by Crippen LogP contribution is -2.20. The number of nitrogens with two attached hydrogens (primary N) is 1. The Kier molecular flexibility index (Phi) is 2.69. The summed E-state index contributed by atoms with van der Waals surface area (Å²) in [5.74, 6) is 0. The molecule has 1 aliphatic rings. The highest BCUT2D eigenvalue weighted by atomic mass is 79.9. The predicted molar refractivity (Wildman–Crippen MR) is 57.1 cm³/mol. The molecule has 1 atom stereocenters. The molecule has 1 unspecified atom stereocenters. The van der Waals surface area contributed by atoms with Gasteiger partial charge in [-0.25, -0.2) is 0 Å². The van der Waals surface area contributed by atoms with E-state index in [1.807, 2.05) is 18.2 Å². The quantitative estimate of drug-likeness (QED) is 0.852. The molecule has 1 aromatic heterocycles. The maximum atomic E-state index is 5.46.